The lowest BCUT2D eigenvalue weighted by atomic mass is 10.1. The number of hydrogen-bond donors (Lipinski definition) is 3. The molecule has 168 valence electrons. The number of nitrogens with one attached hydrogen (secondary N) is 3. The summed E-state index contributed by atoms with van der Waals surface area (Å²) in [6.07, 6.45) is 1.32. The Hall–Kier alpha value is -2.88. The van der Waals surface area contributed by atoms with E-state index < -0.39 is 12.0 Å². The van der Waals surface area contributed by atoms with Crippen LogP contribution in [0.25, 0.3) is 11.0 Å². The second-order valence-corrected chi connectivity index (χ2v) is 8.56. The van der Waals surface area contributed by atoms with Crippen molar-refractivity contribution in [1.82, 2.24) is 20.8 Å². The molecule has 1 aliphatic rings. The summed E-state index contributed by atoms with van der Waals surface area (Å²) in [5, 5.41) is 0.853. The van der Waals surface area contributed by atoms with E-state index in [1.54, 1.807) is 30.8 Å². The number of benzene rings is 2. The molecule has 1 aromatic heterocycles. The van der Waals surface area contributed by atoms with Crippen LogP contribution < -0.4 is 10.9 Å². The molecule has 3 N–H and O–H groups in total. The molecule has 2 amide bonds. The molecule has 2 atom stereocenters. The van der Waals surface area contributed by atoms with Crippen molar-refractivity contribution >= 4 is 34.6 Å². The highest BCUT2D eigenvalue weighted by atomic mass is 32.2. The fourth-order valence-electron chi connectivity index (χ4n) is 3.30. The van der Waals surface area contributed by atoms with E-state index in [4.69, 9.17) is 9.47 Å². The Morgan fingerprint density at radius 3 is 2.78 bits per heavy atom. The highest BCUT2D eigenvalue weighted by Gasteiger charge is 2.20. The van der Waals surface area contributed by atoms with Crippen molar-refractivity contribution in [3.8, 4) is 0 Å². The van der Waals surface area contributed by atoms with Crippen LogP contribution in [0.4, 0.5) is 0 Å². The van der Waals surface area contributed by atoms with Crippen molar-refractivity contribution in [1.29, 1.82) is 0 Å². The molecule has 0 bridgehead atoms. The number of aromatic amines is 1. The second-order valence-electron chi connectivity index (χ2n) is 7.60. The number of hydrazine groups is 1. The van der Waals surface area contributed by atoms with Crippen molar-refractivity contribution in [2.24, 2.45) is 0 Å². The van der Waals surface area contributed by atoms with Gasteiger partial charge in [0.2, 0.25) is 0 Å². The van der Waals surface area contributed by atoms with Gasteiger partial charge in [-0.15, -0.1) is 0 Å². The number of H-pyrrole nitrogens is 1. The monoisotopic (exact) mass is 454 g/mol. The topological polar surface area (TPSA) is 105 Å². The minimum atomic E-state index is -0.683. The molecule has 1 fully saturated rings. The van der Waals surface area contributed by atoms with Gasteiger partial charge in [-0.25, -0.2) is 4.98 Å². The average Bonchev–Trinajstić information content (AvgIpc) is 3.49. The molecular formula is C23H26N4O4S. The summed E-state index contributed by atoms with van der Waals surface area (Å²) in [6, 6.07) is 15.1. The van der Waals surface area contributed by atoms with Crippen LogP contribution in [-0.4, -0.2) is 47.2 Å². The Labute approximate surface area is 190 Å². The number of carbonyl (C=O) groups excluding carboxylic acids is 2. The van der Waals surface area contributed by atoms with Gasteiger partial charge < -0.3 is 14.5 Å². The lowest BCUT2D eigenvalue weighted by molar-refractivity contribution is -0.134. The van der Waals surface area contributed by atoms with Gasteiger partial charge in [-0.2, -0.15) is 0 Å². The summed E-state index contributed by atoms with van der Waals surface area (Å²) in [7, 11) is 0. The summed E-state index contributed by atoms with van der Waals surface area (Å²) >= 11 is 1.60. The van der Waals surface area contributed by atoms with Gasteiger partial charge in [0.1, 0.15) is 6.10 Å². The van der Waals surface area contributed by atoms with Crippen LogP contribution in [0.15, 0.2) is 53.7 Å². The molecule has 32 heavy (non-hydrogen) atoms. The molecule has 4 rings (SSSR count). The molecule has 2 unspecified atom stereocenters. The SMILES string of the molecule is CC(OCC1CCCO1)C(=O)NNC(=O)c1ccc(CSc2nc3ccccc3[nH]2)cc1. The smallest absolute Gasteiger partial charge is 0.269 e. The number of hydrogen-bond acceptors (Lipinski definition) is 6. The van der Waals surface area contributed by atoms with E-state index in [0.29, 0.717) is 12.2 Å². The molecule has 0 aliphatic carbocycles. The third-order valence-corrected chi connectivity index (χ3v) is 6.13. The predicted octanol–water partition coefficient (Wildman–Crippen LogP) is 3.20. The number of rotatable bonds is 8. The highest BCUT2D eigenvalue weighted by molar-refractivity contribution is 7.98. The summed E-state index contributed by atoms with van der Waals surface area (Å²) in [4.78, 5) is 32.3. The maximum absolute atomic E-state index is 12.3. The van der Waals surface area contributed by atoms with Crippen molar-refractivity contribution in [3.63, 3.8) is 0 Å². The minimum Gasteiger partial charge on any atom is -0.376 e. The molecule has 1 saturated heterocycles. The molecule has 0 radical (unpaired) electrons. The van der Waals surface area contributed by atoms with Crippen LogP contribution in [0.2, 0.25) is 0 Å². The Kier molecular flexibility index (Phi) is 7.41. The summed E-state index contributed by atoms with van der Waals surface area (Å²) in [5.74, 6) is -0.0748. The molecule has 1 aliphatic heterocycles. The van der Waals surface area contributed by atoms with E-state index >= 15 is 0 Å². The number of carbonyl (C=O) groups is 2. The fourth-order valence-corrected chi connectivity index (χ4v) is 4.14. The Morgan fingerprint density at radius 1 is 1.22 bits per heavy atom. The van der Waals surface area contributed by atoms with E-state index in [1.807, 2.05) is 36.4 Å². The van der Waals surface area contributed by atoms with Crippen LogP contribution in [0.3, 0.4) is 0 Å². The maximum Gasteiger partial charge on any atom is 0.269 e. The fraction of sp³-hybridized carbons (Fsp3) is 0.348. The van der Waals surface area contributed by atoms with Gasteiger partial charge >= 0.3 is 0 Å². The number of imidazole rings is 1. The quantitative estimate of drug-likeness (QED) is 0.357. The zero-order chi connectivity index (χ0) is 22.3. The van der Waals surface area contributed by atoms with E-state index in [2.05, 4.69) is 20.8 Å². The average molecular weight is 455 g/mol. The van der Waals surface area contributed by atoms with Gasteiger partial charge in [0.25, 0.3) is 11.8 Å². The van der Waals surface area contributed by atoms with E-state index in [9.17, 15) is 9.59 Å². The molecule has 0 spiro atoms. The first kappa shape index (κ1) is 22.3. The normalized spacial score (nSPS) is 16.7. The van der Waals surface area contributed by atoms with Crippen LogP contribution in [0.5, 0.6) is 0 Å². The minimum absolute atomic E-state index is 0.0448. The van der Waals surface area contributed by atoms with E-state index in [0.717, 1.165) is 47.0 Å². The lowest BCUT2D eigenvalue weighted by Gasteiger charge is -2.16. The van der Waals surface area contributed by atoms with Gasteiger partial charge in [-0.05, 0) is 49.6 Å². The molecule has 2 heterocycles. The number of amides is 2. The zero-order valence-electron chi connectivity index (χ0n) is 17.8. The Morgan fingerprint density at radius 2 is 2.03 bits per heavy atom. The highest BCUT2D eigenvalue weighted by Crippen LogP contribution is 2.23. The van der Waals surface area contributed by atoms with Gasteiger partial charge in [-0.1, -0.05) is 36.0 Å². The number of thioether (sulfide) groups is 1. The van der Waals surface area contributed by atoms with Crippen LogP contribution >= 0.6 is 11.8 Å². The van der Waals surface area contributed by atoms with Crippen molar-refractivity contribution in [2.75, 3.05) is 13.2 Å². The van der Waals surface area contributed by atoms with Gasteiger partial charge in [0, 0.05) is 17.9 Å². The Bertz CT molecular complexity index is 1030. The third kappa shape index (κ3) is 5.87. The number of ether oxygens (including phenoxy) is 2. The predicted molar refractivity (Wildman–Crippen MR) is 122 cm³/mol. The van der Waals surface area contributed by atoms with Gasteiger partial charge in [-0.3, -0.25) is 20.4 Å². The molecule has 2 aromatic carbocycles. The summed E-state index contributed by atoms with van der Waals surface area (Å²) < 4.78 is 11.0. The van der Waals surface area contributed by atoms with Crippen molar-refractivity contribution in [3.05, 3.63) is 59.7 Å². The molecule has 3 aromatic rings. The molecular weight excluding hydrogens is 428 g/mol. The Balaban J connectivity index is 1.21. The summed E-state index contributed by atoms with van der Waals surface area (Å²) in [6.45, 7) is 2.75. The third-order valence-electron chi connectivity index (χ3n) is 5.18. The van der Waals surface area contributed by atoms with Crippen molar-refractivity contribution < 1.29 is 19.1 Å². The van der Waals surface area contributed by atoms with Gasteiger partial charge in [0.15, 0.2) is 5.16 Å². The van der Waals surface area contributed by atoms with Crippen molar-refractivity contribution in [2.45, 2.75) is 42.9 Å². The number of para-hydroxylation sites is 2. The second kappa shape index (κ2) is 10.6. The van der Waals surface area contributed by atoms with E-state index in [1.165, 1.54) is 0 Å². The first-order valence-corrected chi connectivity index (χ1v) is 11.6. The van der Waals surface area contributed by atoms with Crippen LogP contribution in [0, 0.1) is 0 Å². The number of fused-ring (bicyclic) bond motifs is 1. The first-order valence-electron chi connectivity index (χ1n) is 10.6. The van der Waals surface area contributed by atoms with E-state index in [-0.39, 0.29) is 12.0 Å². The number of aromatic nitrogens is 2. The van der Waals surface area contributed by atoms with Crippen LogP contribution in [0.1, 0.15) is 35.7 Å². The standard InChI is InChI=1S/C23H26N4O4S/c1-15(31-13-18-5-4-12-30-18)21(28)26-27-22(29)17-10-8-16(9-11-17)14-32-23-24-19-6-2-3-7-20(19)25-23/h2-3,6-11,15,18H,4-5,12-14H2,1H3,(H,24,25)(H,26,28)(H,27,29). The zero-order valence-corrected chi connectivity index (χ0v) is 18.6. The lowest BCUT2D eigenvalue weighted by Crippen LogP contribution is -2.46. The maximum atomic E-state index is 12.3. The summed E-state index contributed by atoms with van der Waals surface area (Å²) in [5.41, 5.74) is 8.31. The van der Waals surface area contributed by atoms with Crippen LogP contribution in [-0.2, 0) is 20.0 Å². The first-order chi connectivity index (χ1) is 15.6. The molecule has 9 heteroatoms. The van der Waals surface area contributed by atoms with Gasteiger partial charge in [0.05, 0.1) is 23.7 Å². The largest absolute Gasteiger partial charge is 0.376 e. The number of nitrogens with zero attached hydrogens (tertiary/aromatic N) is 1. The molecule has 8 nitrogen and oxygen atoms in total. The molecule has 0 saturated carbocycles.